The molecule has 0 aliphatic heterocycles. The van der Waals surface area contributed by atoms with Gasteiger partial charge in [-0.15, -0.1) is 23.2 Å². The molecular formula is C25H27Cl2NTi-2. The number of halogens is 2. The molecule has 0 unspecified atom stereocenters. The first-order valence-electron chi connectivity index (χ1n) is 9.22. The second kappa shape index (κ2) is 11.8. The Morgan fingerprint density at radius 2 is 1.17 bits per heavy atom. The van der Waals surface area contributed by atoms with Crippen LogP contribution < -0.4 is 24.8 Å². The van der Waals surface area contributed by atoms with E-state index in [0.29, 0.717) is 0 Å². The first-order chi connectivity index (χ1) is 12.4. The van der Waals surface area contributed by atoms with Crippen molar-refractivity contribution in [1.29, 1.82) is 0 Å². The first-order valence-corrected chi connectivity index (χ1v) is 9.22. The maximum atomic E-state index is 6.94. The summed E-state index contributed by atoms with van der Waals surface area (Å²) >= 11 is 0. The van der Waals surface area contributed by atoms with Gasteiger partial charge in [-0.2, -0.15) is 18.1 Å². The molecule has 1 nitrogen and oxygen atoms in total. The summed E-state index contributed by atoms with van der Waals surface area (Å²) in [4.78, 5) is 0. The van der Waals surface area contributed by atoms with E-state index in [9.17, 15) is 0 Å². The summed E-state index contributed by atoms with van der Waals surface area (Å²) in [6.07, 6.45) is 3.23. The third kappa shape index (κ3) is 6.91. The van der Waals surface area contributed by atoms with Crippen molar-refractivity contribution in [1.82, 2.24) is 0 Å². The molecule has 0 heterocycles. The van der Waals surface area contributed by atoms with Gasteiger partial charge in [0.25, 0.3) is 0 Å². The van der Waals surface area contributed by atoms with Crippen LogP contribution in [0.25, 0.3) is 28.0 Å². The van der Waals surface area contributed by atoms with E-state index in [1.807, 2.05) is 20.8 Å². The van der Waals surface area contributed by atoms with E-state index in [1.54, 1.807) is 0 Å². The van der Waals surface area contributed by atoms with Gasteiger partial charge in [0.2, 0.25) is 0 Å². The van der Waals surface area contributed by atoms with E-state index in [2.05, 4.69) is 80.1 Å². The van der Waals surface area contributed by atoms with Crippen molar-refractivity contribution in [2.45, 2.75) is 39.7 Å². The monoisotopic (exact) mass is 459 g/mol. The summed E-state index contributed by atoms with van der Waals surface area (Å²) in [6.45, 7) is 7.67. The largest absolute Gasteiger partial charge is 2.00 e. The van der Waals surface area contributed by atoms with E-state index < -0.39 is 0 Å². The molecule has 0 radical (unpaired) electrons. The van der Waals surface area contributed by atoms with Crippen molar-refractivity contribution in [3.63, 3.8) is 0 Å². The average Bonchev–Trinajstić information content (AvgIpc) is 2.99. The fraction of sp³-hybridized carbons (Fsp3) is 0.240. The predicted octanol–water partition coefficient (Wildman–Crippen LogP) is 1.34. The van der Waals surface area contributed by atoms with Crippen LogP contribution in [0.4, 0.5) is 0 Å². The molecule has 0 spiro atoms. The summed E-state index contributed by atoms with van der Waals surface area (Å²) in [5.74, 6) is 0. The fourth-order valence-corrected chi connectivity index (χ4v) is 3.40. The Labute approximate surface area is 203 Å². The standard InChI is InChI=1S/C21H17.C4H10N.2ClH.Ti/c1-2-15-8-3-5-10-17(15)19-12-7-13-20-18-11-6-4-9-16(18)14-21(19)20;1-4(2,3)5;;;/h2-13H,14H2,1H3;5H,1-3H3;2*1H;/q2*-1;;;+2/p-2. The molecule has 1 N–H and O–H groups in total. The molecule has 3 aromatic carbocycles. The van der Waals surface area contributed by atoms with Crippen LogP contribution in [0.2, 0.25) is 0 Å². The number of fused-ring (bicyclic) bond motifs is 3. The van der Waals surface area contributed by atoms with E-state index in [1.165, 1.54) is 38.9 Å². The molecule has 4 heteroatoms. The number of nitrogens with one attached hydrogen (secondary N) is 1. The average molecular weight is 460 g/mol. The van der Waals surface area contributed by atoms with Gasteiger partial charge in [-0.05, 0) is 28.7 Å². The van der Waals surface area contributed by atoms with Crippen molar-refractivity contribution in [3.05, 3.63) is 95.6 Å². The molecular weight excluding hydrogens is 433 g/mol. The Balaban J connectivity index is 0.000000887. The van der Waals surface area contributed by atoms with Gasteiger partial charge >= 0.3 is 21.7 Å². The van der Waals surface area contributed by atoms with Crippen LogP contribution in [-0.4, -0.2) is 5.54 Å². The molecule has 0 saturated carbocycles. The van der Waals surface area contributed by atoms with Crippen molar-refractivity contribution in [2.24, 2.45) is 0 Å². The van der Waals surface area contributed by atoms with Crippen LogP contribution in [0.5, 0.6) is 0 Å². The second-order valence-corrected chi connectivity index (χ2v) is 7.79. The molecule has 1 aliphatic carbocycles. The topological polar surface area (TPSA) is 23.8 Å². The summed E-state index contributed by atoms with van der Waals surface area (Å²) in [5, 5.41) is 0. The van der Waals surface area contributed by atoms with E-state index in [4.69, 9.17) is 5.73 Å². The zero-order valence-corrected chi connectivity index (χ0v) is 20.5. The molecule has 3 aromatic rings. The molecule has 0 amide bonds. The molecule has 29 heavy (non-hydrogen) atoms. The summed E-state index contributed by atoms with van der Waals surface area (Å²) in [7, 11) is 0. The van der Waals surface area contributed by atoms with Gasteiger partial charge in [0, 0.05) is 0 Å². The van der Waals surface area contributed by atoms with Crippen LogP contribution in [0.15, 0.2) is 66.7 Å². The van der Waals surface area contributed by atoms with E-state index >= 15 is 0 Å². The van der Waals surface area contributed by atoms with Gasteiger partial charge in [-0.3, -0.25) is 0 Å². The van der Waals surface area contributed by atoms with Crippen LogP contribution >= 0.6 is 0 Å². The van der Waals surface area contributed by atoms with Gasteiger partial charge in [0.05, 0.1) is 0 Å². The minimum Gasteiger partial charge on any atom is -1.00 e. The van der Waals surface area contributed by atoms with E-state index in [0.717, 1.165) is 6.42 Å². The molecule has 152 valence electrons. The first kappa shape index (κ1) is 27.8. The van der Waals surface area contributed by atoms with Crippen LogP contribution in [0, 0.1) is 6.42 Å². The van der Waals surface area contributed by atoms with Gasteiger partial charge in [-0.1, -0.05) is 81.8 Å². The van der Waals surface area contributed by atoms with Gasteiger partial charge in [0.15, 0.2) is 0 Å². The molecule has 0 fully saturated rings. The van der Waals surface area contributed by atoms with Crippen LogP contribution in [-0.2, 0) is 28.1 Å². The number of hydrogen-bond donors (Lipinski definition) is 0. The molecule has 1 aliphatic rings. The molecule has 4 rings (SSSR count). The third-order valence-corrected chi connectivity index (χ3v) is 4.41. The maximum absolute atomic E-state index is 6.94. The van der Waals surface area contributed by atoms with Gasteiger partial charge in [-0.25, -0.2) is 0 Å². The fourth-order valence-electron chi connectivity index (χ4n) is 3.40. The molecule has 0 aromatic heterocycles. The molecule has 0 bridgehead atoms. The van der Waals surface area contributed by atoms with Crippen molar-refractivity contribution in [3.8, 4) is 22.3 Å². The van der Waals surface area contributed by atoms with E-state index in [-0.39, 0.29) is 52.1 Å². The zero-order chi connectivity index (χ0) is 18.7. The number of benzene rings is 3. The quantitative estimate of drug-likeness (QED) is 0.319. The minimum atomic E-state index is -0.250. The smallest absolute Gasteiger partial charge is 1.00 e. The van der Waals surface area contributed by atoms with Gasteiger partial charge in [0.1, 0.15) is 0 Å². The second-order valence-electron chi connectivity index (χ2n) is 7.79. The summed E-state index contributed by atoms with van der Waals surface area (Å²) in [5.41, 5.74) is 16.4. The summed E-state index contributed by atoms with van der Waals surface area (Å²) in [6, 6.07) is 24.1. The normalized spacial score (nSPS) is 10.7. The zero-order valence-electron chi connectivity index (χ0n) is 17.4. The Morgan fingerprint density at radius 1 is 0.724 bits per heavy atom. The van der Waals surface area contributed by atoms with Crippen molar-refractivity contribution < 1.29 is 46.5 Å². The Kier molecular flexibility index (Phi) is 11.3. The number of rotatable bonds is 2. The van der Waals surface area contributed by atoms with Crippen LogP contribution in [0.1, 0.15) is 44.4 Å². The summed E-state index contributed by atoms with van der Waals surface area (Å²) < 4.78 is 0. The maximum Gasteiger partial charge on any atom is 2.00 e. The Bertz CT molecular complexity index is 911. The Hall–Kier alpha value is -1.22. The molecule has 0 atom stereocenters. The number of hydrogen-bond acceptors (Lipinski definition) is 0. The Morgan fingerprint density at radius 3 is 1.76 bits per heavy atom. The minimum absolute atomic E-state index is 0. The SMILES string of the molecule is CC(C)(C)[NH-].C[CH-]c1ccccc1-c1cccc2c1Cc1ccccc1-2.[Cl-].[Cl-].[Ti+2]. The predicted molar refractivity (Wildman–Crippen MR) is 113 cm³/mol. The molecule has 0 saturated heterocycles. The van der Waals surface area contributed by atoms with Crippen molar-refractivity contribution >= 4 is 0 Å². The van der Waals surface area contributed by atoms with Crippen molar-refractivity contribution in [2.75, 3.05) is 0 Å². The third-order valence-electron chi connectivity index (χ3n) is 4.41. The van der Waals surface area contributed by atoms with Crippen LogP contribution in [0.3, 0.4) is 0 Å². The van der Waals surface area contributed by atoms with Gasteiger partial charge < -0.3 is 30.5 Å².